The van der Waals surface area contributed by atoms with Gasteiger partial charge in [-0.1, -0.05) is 30.3 Å². The molecule has 2 aliphatic rings. The molecular formula is C34H37N9O2. The number of piperidine rings is 1. The monoisotopic (exact) mass is 603 g/mol. The van der Waals surface area contributed by atoms with Crippen molar-refractivity contribution in [2.24, 2.45) is 0 Å². The molecule has 3 amide bonds. The van der Waals surface area contributed by atoms with Gasteiger partial charge in [-0.05, 0) is 67.1 Å². The van der Waals surface area contributed by atoms with E-state index in [-0.39, 0.29) is 24.0 Å². The standard InChI is InChI=1S/C34H37N9O2/c1-23-16-24(17-26-19-37-40-32(23)26)18-30(33-36-12-15-42(33)21-27-7-4-5-11-35-27)38-31(44)22-41-13-9-28(10-14-41)43-20-25-6-2-3-8-29(25)39-34(43)45/h2-8,11-12,15-17,19,28,30H,9-10,13-14,18,20-22H2,1H3,(H,37,40)(H,38,44)(H,39,45). The number of carbonyl (C=O) groups excluding carboxylic acids is 2. The second kappa shape index (κ2) is 12.5. The van der Waals surface area contributed by atoms with Crippen LogP contribution in [0.5, 0.6) is 0 Å². The number of H-pyrrole nitrogens is 1. The number of aromatic nitrogens is 5. The molecule has 0 saturated carbocycles. The molecule has 45 heavy (non-hydrogen) atoms. The SMILES string of the molecule is Cc1cc(CC(NC(=O)CN2CCC(N3Cc4ccccc4NC3=O)CC2)c2nccn2Cc2ccccn2)cc2cn[nH]c12. The van der Waals surface area contributed by atoms with Crippen molar-refractivity contribution in [3.05, 3.63) is 108 Å². The number of nitrogens with one attached hydrogen (secondary N) is 3. The van der Waals surface area contributed by atoms with Crippen molar-refractivity contribution in [3.63, 3.8) is 0 Å². The lowest BCUT2D eigenvalue weighted by molar-refractivity contribution is -0.123. The Morgan fingerprint density at radius 2 is 1.91 bits per heavy atom. The summed E-state index contributed by atoms with van der Waals surface area (Å²) in [7, 11) is 0. The summed E-state index contributed by atoms with van der Waals surface area (Å²) in [4.78, 5) is 39.8. The van der Waals surface area contributed by atoms with Crippen molar-refractivity contribution >= 4 is 28.5 Å². The summed E-state index contributed by atoms with van der Waals surface area (Å²) in [6.45, 7) is 5.03. The van der Waals surface area contributed by atoms with Crippen molar-refractivity contribution in [2.45, 2.75) is 51.4 Å². The van der Waals surface area contributed by atoms with E-state index in [4.69, 9.17) is 4.98 Å². The van der Waals surface area contributed by atoms with E-state index in [1.165, 1.54) is 0 Å². The van der Waals surface area contributed by atoms with Crippen LogP contribution in [0.25, 0.3) is 10.9 Å². The van der Waals surface area contributed by atoms with Gasteiger partial charge in [-0.25, -0.2) is 9.78 Å². The summed E-state index contributed by atoms with van der Waals surface area (Å²) in [6.07, 6.45) is 9.57. The molecule has 3 aromatic heterocycles. The number of hydrogen-bond donors (Lipinski definition) is 3. The van der Waals surface area contributed by atoms with Gasteiger partial charge in [0.05, 0.1) is 36.5 Å². The lowest BCUT2D eigenvalue weighted by Crippen LogP contribution is -2.51. The van der Waals surface area contributed by atoms with Gasteiger partial charge in [-0.15, -0.1) is 0 Å². The van der Waals surface area contributed by atoms with Gasteiger partial charge in [0.25, 0.3) is 0 Å². The van der Waals surface area contributed by atoms with Crippen LogP contribution in [0.1, 0.15) is 47.1 Å². The minimum atomic E-state index is -0.338. The van der Waals surface area contributed by atoms with E-state index < -0.39 is 0 Å². The second-order valence-corrected chi connectivity index (χ2v) is 12.0. The second-order valence-electron chi connectivity index (χ2n) is 12.0. The highest BCUT2D eigenvalue weighted by Crippen LogP contribution is 2.28. The molecule has 2 aromatic carbocycles. The topological polar surface area (TPSA) is 124 Å². The van der Waals surface area contributed by atoms with Crippen molar-refractivity contribution in [2.75, 3.05) is 25.0 Å². The average Bonchev–Trinajstić information content (AvgIpc) is 3.71. The summed E-state index contributed by atoms with van der Waals surface area (Å²) in [5.41, 5.74) is 6.17. The molecule has 11 nitrogen and oxygen atoms in total. The molecule has 3 N–H and O–H groups in total. The van der Waals surface area contributed by atoms with Crippen LogP contribution in [0, 0.1) is 6.92 Å². The molecule has 11 heteroatoms. The maximum atomic E-state index is 13.6. The molecule has 230 valence electrons. The zero-order valence-corrected chi connectivity index (χ0v) is 25.3. The lowest BCUT2D eigenvalue weighted by atomic mass is 10.00. The van der Waals surface area contributed by atoms with Crippen LogP contribution in [-0.2, 0) is 24.3 Å². The minimum absolute atomic E-state index is 0.0437. The Labute approximate surface area is 261 Å². The largest absolute Gasteiger partial charge is 0.345 e. The summed E-state index contributed by atoms with van der Waals surface area (Å²) in [5, 5.41) is 14.7. The molecule has 5 aromatic rings. The summed E-state index contributed by atoms with van der Waals surface area (Å²) < 4.78 is 2.06. The van der Waals surface area contributed by atoms with Crippen LogP contribution < -0.4 is 10.6 Å². The maximum Gasteiger partial charge on any atom is 0.322 e. The molecule has 7 rings (SSSR count). The number of hydrogen-bond acceptors (Lipinski definition) is 6. The molecule has 2 aliphatic heterocycles. The fraction of sp³-hybridized carbons (Fsp3) is 0.324. The Hall–Kier alpha value is -5.03. The molecule has 0 spiro atoms. The van der Waals surface area contributed by atoms with Gasteiger partial charge in [0.1, 0.15) is 5.82 Å². The number of rotatable bonds is 9. The highest BCUT2D eigenvalue weighted by molar-refractivity contribution is 5.92. The normalized spacial score (nSPS) is 16.4. The first-order valence-electron chi connectivity index (χ1n) is 15.5. The number of imidazole rings is 1. The highest BCUT2D eigenvalue weighted by Gasteiger charge is 2.32. The van der Waals surface area contributed by atoms with Crippen molar-refractivity contribution in [1.29, 1.82) is 0 Å². The molecule has 0 bridgehead atoms. The Bertz CT molecular complexity index is 1810. The van der Waals surface area contributed by atoms with Gasteiger partial charge >= 0.3 is 6.03 Å². The summed E-state index contributed by atoms with van der Waals surface area (Å²) in [6, 6.07) is 17.8. The van der Waals surface area contributed by atoms with E-state index in [0.29, 0.717) is 26.1 Å². The Balaban J connectivity index is 1.03. The van der Waals surface area contributed by atoms with Gasteiger partial charge in [0.15, 0.2) is 0 Å². The van der Waals surface area contributed by atoms with Crippen molar-refractivity contribution in [1.82, 2.24) is 39.8 Å². The average molecular weight is 604 g/mol. The predicted octanol–water partition coefficient (Wildman–Crippen LogP) is 4.42. The van der Waals surface area contributed by atoms with E-state index in [9.17, 15) is 9.59 Å². The van der Waals surface area contributed by atoms with Crippen LogP contribution >= 0.6 is 0 Å². The van der Waals surface area contributed by atoms with Crippen molar-refractivity contribution < 1.29 is 9.59 Å². The van der Waals surface area contributed by atoms with Crippen LogP contribution in [0.4, 0.5) is 10.5 Å². The number of aromatic amines is 1. The third-order valence-electron chi connectivity index (χ3n) is 8.92. The maximum absolute atomic E-state index is 13.6. The number of pyridine rings is 1. The lowest BCUT2D eigenvalue weighted by Gasteiger charge is -2.40. The van der Waals surface area contributed by atoms with E-state index in [1.54, 1.807) is 12.4 Å². The number of likely N-dealkylation sites (tertiary alicyclic amines) is 1. The van der Waals surface area contributed by atoms with Gasteiger partial charge < -0.3 is 20.1 Å². The van der Waals surface area contributed by atoms with Crippen molar-refractivity contribution in [3.8, 4) is 0 Å². The third kappa shape index (κ3) is 6.30. The summed E-state index contributed by atoms with van der Waals surface area (Å²) in [5.74, 6) is 0.741. The molecule has 1 unspecified atom stereocenters. The minimum Gasteiger partial charge on any atom is -0.345 e. The number of nitrogens with zero attached hydrogens (tertiary/aromatic N) is 6. The van der Waals surface area contributed by atoms with E-state index in [0.717, 1.165) is 70.7 Å². The Morgan fingerprint density at radius 3 is 2.76 bits per heavy atom. The van der Waals surface area contributed by atoms with Crippen LogP contribution in [0.3, 0.4) is 0 Å². The fourth-order valence-corrected chi connectivity index (χ4v) is 6.65. The number of benzene rings is 2. The van der Waals surface area contributed by atoms with Gasteiger partial charge in [-0.2, -0.15) is 5.10 Å². The van der Waals surface area contributed by atoms with Crippen LogP contribution in [0.2, 0.25) is 0 Å². The van der Waals surface area contributed by atoms with E-state index in [1.807, 2.05) is 53.7 Å². The molecule has 1 fully saturated rings. The number of urea groups is 1. The van der Waals surface area contributed by atoms with E-state index >= 15 is 0 Å². The number of carbonyl (C=O) groups is 2. The first kappa shape index (κ1) is 28.7. The molecule has 0 aliphatic carbocycles. The van der Waals surface area contributed by atoms with Crippen LogP contribution in [-0.4, -0.2) is 72.1 Å². The molecule has 1 saturated heterocycles. The van der Waals surface area contributed by atoms with Gasteiger partial charge in [0, 0.05) is 55.3 Å². The fourth-order valence-electron chi connectivity index (χ4n) is 6.65. The molecule has 1 atom stereocenters. The van der Waals surface area contributed by atoms with Gasteiger partial charge in [-0.3, -0.25) is 19.8 Å². The van der Waals surface area contributed by atoms with Gasteiger partial charge in [0.2, 0.25) is 5.91 Å². The van der Waals surface area contributed by atoms with Crippen LogP contribution in [0.15, 0.2) is 79.4 Å². The smallest absolute Gasteiger partial charge is 0.322 e. The third-order valence-corrected chi connectivity index (χ3v) is 8.92. The highest BCUT2D eigenvalue weighted by atomic mass is 16.2. The number of anilines is 1. The Kier molecular flexibility index (Phi) is 8.00. The zero-order chi connectivity index (χ0) is 30.8. The number of fused-ring (bicyclic) bond motifs is 2. The first-order valence-corrected chi connectivity index (χ1v) is 15.5. The Morgan fingerprint density at radius 1 is 1.07 bits per heavy atom. The first-order chi connectivity index (χ1) is 22.0. The predicted molar refractivity (Wildman–Crippen MR) is 171 cm³/mol. The molecule has 5 heterocycles. The van der Waals surface area contributed by atoms with E-state index in [2.05, 4.69) is 60.4 Å². The quantitative estimate of drug-likeness (QED) is 0.229. The zero-order valence-electron chi connectivity index (χ0n) is 25.3. The number of aryl methyl sites for hydroxylation is 1. The number of amides is 3. The number of para-hydroxylation sites is 1. The summed E-state index contributed by atoms with van der Waals surface area (Å²) >= 11 is 0. The molecular weight excluding hydrogens is 566 g/mol. The molecule has 0 radical (unpaired) electrons.